The van der Waals surface area contributed by atoms with E-state index in [1.165, 1.54) is 290 Å². The van der Waals surface area contributed by atoms with Crippen LogP contribution in [-0.4, -0.2) is 213 Å². The number of hydrogen-bond acceptors (Lipinski definition) is 6. The highest BCUT2D eigenvalue weighted by Gasteiger charge is 2.29. The summed E-state index contributed by atoms with van der Waals surface area (Å²) >= 11 is 0. The molecule has 0 saturated heterocycles. The van der Waals surface area contributed by atoms with Crippen molar-refractivity contribution >= 4 is 0 Å². The Labute approximate surface area is 907 Å². The van der Waals surface area contributed by atoms with E-state index in [2.05, 4.69) is 303 Å². The van der Waals surface area contributed by atoms with Crippen molar-refractivity contribution in [1.82, 2.24) is 0 Å². The number of likely N-dealkylation sites (N-methyl/N-ethyl adjacent to an activating group) is 3. The predicted molar refractivity (Wildman–Crippen MR) is 645 cm³/mol. The highest BCUT2D eigenvalue weighted by Crippen LogP contribution is 2.37. The van der Waals surface area contributed by atoms with Crippen molar-refractivity contribution in [2.75, 3.05) is 176 Å². The van der Waals surface area contributed by atoms with Crippen molar-refractivity contribution in [3.05, 3.63) is 315 Å². The fourth-order valence-electron chi connectivity index (χ4n) is 18.9. The molecule has 836 valence electrons. The molecule has 0 aliphatic carbocycles. The molecule has 12 nitrogen and oxygen atoms in total. The molecule has 0 bridgehead atoms. The second kappa shape index (κ2) is 89.4. The first kappa shape index (κ1) is 145. The van der Waals surface area contributed by atoms with Gasteiger partial charge in [-0.1, -0.05) is 461 Å². The molecule has 0 unspecified atom stereocenters. The Bertz CT molecular complexity index is 4040. The zero-order valence-electron chi connectivity index (χ0n) is 99.9. The van der Waals surface area contributed by atoms with Gasteiger partial charge in [-0.05, 0) is 97.7 Å². The average Bonchev–Trinajstić information content (AvgIpc) is 0.836. The van der Waals surface area contributed by atoms with Gasteiger partial charge < -0.3 is 101 Å². The van der Waals surface area contributed by atoms with Gasteiger partial charge in [-0.2, -0.15) is 0 Å². The lowest BCUT2D eigenvalue weighted by Crippen LogP contribution is -2.51. The molecule has 0 radical (unpaired) electrons. The van der Waals surface area contributed by atoms with Gasteiger partial charge in [0.25, 0.3) is 0 Å². The van der Waals surface area contributed by atoms with E-state index in [4.69, 9.17) is 18.9 Å². The van der Waals surface area contributed by atoms with Crippen LogP contribution in [-0.2, 0) is 42.9 Å². The Morgan fingerprint density at radius 2 is 0.445 bits per heavy atom. The summed E-state index contributed by atoms with van der Waals surface area (Å²) in [5.41, 5.74) is 8.77. The third-order valence-electron chi connectivity index (χ3n) is 27.0. The maximum absolute atomic E-state index is 9.57. The van der Waals surface area contributed by atoms with Crippen LogP contribution in [0.15, 0.2) is 237 Å². The normalized spacial score (nSPS) is 11.4. The number of aliphatic hydroxyl groups is 2. The van der Waals surface area contributed by atoms with Crippen LogP contribution in [0.25, 0.3) is 0 Å². The number of rotatable bonds is 72. The fourth-order valence-corrected chi connectivity index (χ4v) is 18.9. The third-order valence-corrected chi connectivity index (χ3v) is 27.0. The zero-order valence-corrected chi connectivity index (χ0v) is 99.9. The van der Waals surface area contributed by atoms with Gasteiger partial charge in [0.05, 0.1) is 124 Å². The van der Waals surface area contributed by atoms with Gasteiger partial charge in [-0.3, -0.25) is 0 Å². The molecule has 0 aliphatic rings. The van der Waals surface area contributed by atoms with Crippen LogP contribution < -0.4 is 14.2 Å². The van der Waals surface area contributed by atoms with Crippen LogP contribution in [0.1, 0.15) is 339 Å². The second-order valence-electron chi connectivity index (χ2n) is 46.1. The minimum absolute atomic E-state index is 0. The number of nitrogens with zero attached hydrogens (tertiary/aromatic N) is 6. The number of para-hydroxylation sites is 2. The highest BCUT2D eigenvalue weighted by atomic mass is 16.5. The molecule has 146 heavy (non-hydrogen) atoms. The molecular formula is C134H234N6O6. The molecule has 8 aromatic rings. The van der Waals surface area contributed by atoms with E-state index in [0.717, 1.165) is 142 Å². The molecule has 0 amide bonds. The number of unbranched alkanes of at least 4 members (excludes halogenated alkanes) is 35. The van der Waals surface area contributed by atoms with Crippen molar-refractivity contribution in [3.63, 3.8) is 0 Å². The smallest absolute Gasteiger partial charge is 0.137 e. The highest BCUT2D eigenvalue weighted by molar-refractivity contribution is 5.32. The summed E-state index contributed by atoms with van der Waals surface area (Å²) in [5.74, 6) is 2.81. The van der Waals surface area contributed by atoms with Gasteiger partial charge in [-0.15, -0.1) is 0 Å². The molecule has 12 heteroatoms. The summed E-state index contributed by atoms with van der Waals surface area (Å²) in [6, 6.07) is 82.1. The van der Waals surface area contributed by atoms with E-state index in [0.29, 0.717) is 18.6 Å². The van der Waals surface area contributed by atoms with Crippen LogP contribution in [0, 0.1) is 50.0 Å². The minimum atomic E-state index is 0. The second-order valence-corrected chi connectivity index (χ2v) is 46.1. The largest absolute Gasteiger partial charge is 0.491 e. The molecule has 0 spiro atoms. The van der Waals surface area contributed by atoms with E-state index < -0.39 is 0 Å². The lowest BCUT2D eigenvalue weighted by atomic mass is 9.72. The number of aliphatic hydroxyl groups excluding tert-OH is 2. The monoisotopic (exact) mass is 2020 g/mol. The van der Waals surface area contributed by atoms with Crippen molar-refractivity contribution in [3.8, 4) is 17.2 Å². The molecule has 0 aliphatic heterocycles. The van der Waals surface area contributed by atoms with Gasteiger partial charge in [0, 0.05) is 27.8 Å². The van der Waals surface area contributed by atoms with Crippen LogP contribution in [0.3, 0.4) is 0 Å². The number of benzene rings is 8. The van der Waals surface area contributed by atoms with Gasteiger partial charge in [0.1, 0.15) is 103 Å². The van der Waals surface area contributed by atoms with E-state index in [1.54, 1.807) is 0 Å². The van der Waals surface area contributed by atoms with Gasteiger partial charge in [-0.25, -0.2) is 0 Å². The van der Waals surface area contributed by atoms with Crippen LogP contribution >= 0.6 is 0 Å². The Morgan fingerprint density at radius 1 is 0.219 bits per heavy atom. The topological polar surface area (TPSA) is 77.4 Å². The van der Waals surface area contributed by atoms with E-state index in [9.17, 15) is 10.2 Å². The SMILES string of the molecule is CC(C)(C)CC(C)(C)c1ccc(OCCOCC[N+](C)(C)Cc2ccccc2)cc1.CCCCCCCCCCCCCCCCCC[N+](C)(C)Cc1ccccc1.CCCCCCCCCCCCCC[N+](C)(C)Cc1ccccc1.CCCCCCCCCCCC[N+](CCO)(CCO)Cc1ccccc1.C[N+](C)(C)CCOc1ccccc1.C[N+](C)(CCOc1ccccc1)Cc1ccccc1.[CH3-].[CH3-].[CH3-].[CH3-].[CH3-].[CH3-]. The summed E-state index contributed by atoms with van der Waals surface area (Å²) in [6.07, 6.45) is 54.9. The van der Waals surface area contributed by atoms with Crippen molar-refractivity contribution in [2.45, 2.75) is 344 Å². The van der Waals surface area contributed by atoms with Crippen LogP contribution in [0.2, 0.25) is 0 Å². The Kier molecular flexibility index (Phi) is 88.9. The summed E-state index contributed by atoms with van der Waals surface area (Å²) in [7, 11) is 24.9. The number of hydrogen-bond donors (Lipinski definition) is 2. The quantitative estimate of drug-likeness (QED) is 0.0225. The predicted octanol–water partition coefficient (Wildman–Crippen LogP) is 34.3. The Morgan fingerprint density at radius 3 is 0.712 bits per heavy atom. The molecule has 8 rings (SSSR count). The van der Waals surface area contributed by atoms with E-state index in [-0.39, 0.29) is 63.2 Å². The zero-order chi connectivity index (χ0) is 102. The molecule has 0 saturated carbocycles. The van der Waals surface area contributed by atoms with E-state index >= 15 is 0 Å². The third kappa shape index (κ3) is 82.6. The fraction of sp³-hybridized carbons (Fsp3) is 0.597. The maximum atomic E-state index is 9.57. The summed E-state index contributed by atoms with van der Waals surface area (Å²) < 4.78 is 28.8. The molecule has 0 atom stereocenters. The summed E-state index contributed by atoms with van der Waals surface area (Å²) in [4.78, 5) is 0. The lowest BCUT2D eigenvalue weighted by molar-refractivity contribution is -0.941. The summed E-state index contributed by atoms with van der Waals surface area (Å²) in [5, 5.41) is 19.1. The number of quaternary nitrogens is 6. The Balaban J connectivity index is -0.000000833. The molecule has 8 aromatic carbocycles. The van der Waals surface area contributed by atoms with Crippen molar-refractivity contribution in [2.24, 2.45) is 5.41 Å². The average molecular weight is 2030 g/mol. The molecule has 2 N–H and O–H groups in total. The molecular weight excluding hydrogens is 1790 g/mol. The Hall–Kier alpha value is -7.20. The first-order chi connectivity index (χ1) is 67.2. The first-order valence-electron chi connectivity index (χ1n) is 56.3. The van der Waals surface area contributed by atoms with E-state index in [1.807, 2.05) is 66.7 Å². The molecule has 0 fully saturated rings. The van der Waals surface area contributed by atoms with Crippen LogP contribution in [0.4, 0.5) is 0 Å². The van der Waals surface area contributed by atoms with Crippen molar-refractivity contribution in [1.29, 1.82) is 0 Å². The van der Waals surface area contributed by atoms with Crippen molar-refractivity contribution < 1.29 is 56.1 Å². The standard InChI is InChI=1S/C27H42NO2.C27H50N.C23H42NO2.C23H42N.C17H22NO.C11H18NO.6CH3/c1-26(2,3)22-27(4,5)24-13-15-25(16-14-24)30-20-19-29-18-17-28(6,7)21-23-11-9-8-10-12-23;1-4-5-6-7-8-9-10-11-12-13-14-15-16-17-18-22-25-28(2,3)26-27-23-20-19-21-24-27;1-2-3-4-5-6-7-8-9-10-14-17-24(18-20-25,19-21-26)22-23-15-12-11-13-16-23;1-4-5-6-7-8-9-10-11-12-13-14-18-21-24(2,3)22-23-19-16-15-17-20-23;1-18(2,15-16-9-5-3-6-10-16)13-14-19-17-11-7-4-8-12-17;1-12(2,3)9-10-13-11-7-5-4-6-8-11;;;;;;/h8-16H,17-22H2,1-7H3;19-21,23-24H,4-18,22,25-26H2,1-3H3;11-13,15-16,25-26H,2-10,14,17-22H2,1H3;15-17,19-20H,4-14,18,21-22H2,1-3H3;3-12H,13-15H2,1-2H3;4-8H,9-10H2,1-3H3;6*1H3/q6*+1;6*-1. The summed E-state index contributed by atoms with van der Waals surface area (Å²) in [6.45, 7) is 35.6. The minimum Gasteiger partial charge on any atom is -0.491 e. The lowest BCUT2D eigenvalue weighted by Gasteiger charge is -2.38. The molecule has 0 heterocycles. The molecule has 0 aromatic heterocycles. The van der Waals surface area contributed by atoms with Gasteiger partial charge >= 0.3 is 0 Å². The van der Waals surface area contributed by atoms with Gasteiger partial charge in [0.15, 0.2) is 0 Å². The maximum Gasteiger partial charge on any atom is 0.137 e. The van der Waals surface area contributed by atoms with Gasteiger partial charge in [0.2, 0.25) is 0 Å². The van der Waals surface area contributed by atoms with Crippen LogP contribution in [0.5, 0.6) is 17.2 Å². The first-order valence-corrected chi connectivity index (χ1v) is 56.3. The number of ether oxygens (including phenoxy) is 4.